The van der Waals surface area contributed by atoms with Crippen LogP contribution in [0, 0.1) is 12.7 Å². The molecule has 22 heavy (non-hydrogen) atoms. The van der Waals surface area contributed by atoms with Gasteiger partial charge in [-0.05, 0) is 24.6 Å². The number of hydrogen-bond donors (Lipinski definition) is 1. The molecule has 6 nitrogen and oxygen atoms in total. The second-order valence-corrected chi connectivity index (χ2v) is 5.48. The number of anilines is 1. The predicted molar refractivity (Wildman–Crippen MR) is 80.9 cm³/mol. The van der Waals surface area contributed by atoms with Gasteiger partial charge in [-0.3, -0.25) is 10.5 Å². The molecule has 1 atom stereocenters. The molecule has 1 aliphatic rings. The fourth-order valence-corrected chi connectivity index (χ4v) is 2.69. The Morgan fingerprint density at radius 2 is 1.86 bits per heavy atom. The number of benzene rings is 1. The number of carbonyl (C=O) groups is 1. The standard InChI is InChI=1S/C15H18FN5O/c1-9-18-12-13(19(2)15(17)20(3)14(12)22)21(9)8-10-4-6-11(16)7-5-10/h4-7,15H,8,17H2,1-3H3. The normalized spacial score (nSPS) is 17.9. The first kappa shape index (κ1) is 14.5. The third kappa shape index (κ3) is 2.14. The molecule has 2 aromatic rings. The number of hydrogen-bond acceptors (Lipinski definition) is 4. The fourth-order valence-electron chi connectivity index (χ4n) is 2.69. The van der Waals surface area contributed by atoms with Gasteiger partial charge in [-0.25, -0.2) is 9.37 Å². The zero-order valence-corrected chi connectivity index (χ0v) is 12.7. The minimum Gasteiger partial charge on any atom is -0.326 e. The lowest BCUT2D eigenvalue weighted by molar-refractivity contribution is 0.0710. The average molecular weight is 303 g/mol. The van der Waals surface area contributed by atoms with Gasteiger partial charge < -0.3 is 14.4 Å². The zero-order chi connectivity index (χ0) is 16.0. The van der Waals surface area contributed by atoms with Gasteiger partial charge in [0.25, 0.3) is 5.91 Å². The van der Waals surface area contributed by atoms with E-state index in [1.54, 1.807) is 19.2 Å². The van der Waals surface area contributed by atoms with Crippen LogP contribution in [0.25, 0.3) is 0 Å². The van der Waals surface area contributed by atoms with Crippen molar-refractivity contribution < 1.29 is 9.18 Å². The summed E-state index contributed by atoms with van der Waals surface area (Å²) in [5.41, 5.74) is 7.38. The molecule has 2 N–H and O–H groups in total. The third-order valence-corrected chi connectivity index (χ3v) is 4.04. The van der Waals surface area contributed by atoms with Gasteiger partial charge in [-0.2, -0.15) is 0 Å². The van der Waals surface area contributed by atoms with Crippen molar-refractivity contribution in [3.63, 3.8) is 0 Å². The molecule has 116 valence electrons. The SMILES string of the molecule is Cc1nc2c(n1Cc1ccc(F)cc1)N(C)C(N)N(C)C2=O. The van der Waals surface area contributed by atoms with E-state index in [2.05, 4.69) is 4.98 Å². The summed E-state index contributed by atoms with van der Waals surface area (Å²) in [4.78, 5) is 20.0. The van der Waals surface area contributed by atoms with Crippen molar-refractivity contribution in [2.45, 2.75) is 19.8 Å². The number of halogens is 1. The molecule has 0 saturated heterocycles. The predicted octanol–water partition coefficient (Wildman–Crippen LogP) is 1.14. The quantitative estimate of drug-likeness (QED) is 0.903. The van der Waals surface area contributed by atoms with Gasteiger partial charge in [0.05, 0.1) is 6.54 Å². The molecule has 0 bridgehead atoms. The van der Waals surface area contributed by atoms with Gasteiger partial charge in [-0.1, -0.05) is 12.1 Å². The molecule has 1 aromatic carbocycles. The van der Waals surface area contributed by atoms with Gasteiger partial charge in [-0.15, -0.1) is 0 Å². The van der Waals surface area contributed by atoms with Crippen molar-refractivity contribution in [1.82, 2.24) is 14.5 Å². The molecule has 1 amide bonds. The maximum Gasteiger partial charge on any atom is 0.278 e. The van der Waals surface area contributed by atoms with E-state index in [1.165, 1.54) is 17.0 Å². The number of nitrogens with two attached hydrogens (primary N) is 1. The Balaban J connectivity index is 2.05. The molecular weight excluding hydrogens is 285 g/mol. The number of fused-ring (bicyclic) bond motifs is 1. The number of aryl methyl sites for hydroxylation is 1. The molecule has 1 aliphatic heterocycles. The van der Waals surface area contributed by atoms with Crippen molar-refractivity contribution in [2.24, 2.45) is 5.73 Å². The highest BCUT2D eigenvalue weighted by Gasteiger charge is 2.36. The van der Waals surface area contributed by atoms with Crippen LogP contribution in [-0.2, 0) is 6.54 Å². The number of nitrogens with zero attached hydrogens (tertiary/aromatic N) is 4. The molecule has 0 radical (unpaired) electrons. The van der Waals surface area contributed by atoms with Gasteiger partial charge in [0, 0.05) is 14.1 Å². The number of rotatable bonds is 2. The van der Waals surface area contributed by atoms with E-state index in [0.29, 0.717) is 18.1 Å². The summed E-state index contributed by atoms with van der Waals surface area (Å²) in [5, 5.41) is 0. The fraction of sp³-hybridized carbons (Fsp3) is 0.333. The molecule has 1 aromatic heterocycles. The van der Waals surface area contributed by atoms with Crippen molar-refractivity contribution in [1.29, 1.82) is 0 Å². The summed E-state index contributed by atoms with van der Waals surface area (Å²) in [5.74, 6) is 0.945. The molecule has 0 spiro atoms. The lowest BCUT2D eigenvalue weighted by Crippen LogP contribution is -2.57. The Hall–Kier alpha value is -2.41. The number of aromatic nitrogens is 2. The second kappa shape index (κ2) is 5.10. The van der Waals surface area contributed by atoms with Crippen LogP contribution in [0.2, 0.25) is 0 Å². The Morgan fingerprint density at radius 3 is 2.50 bits per heavy atom. The van der Waals surface area contributed by atoms with Crippen LogP contribution in [-0.4, -0.2) is 40.7 Å². The van der Waals surface area contributed by atoms with E-state index in [0.717, 1.165) is 11.4 Å². The lowest BCUT2D eigenvalue weighted by Gasteiger charge is -2.38. The van der Waals surface area contributed by atoms with Crippen LogP contribution in [0.4, 0.5) is 10.2 Å². The van der Waals surface area contributed by atoms with Crippen LogP contribution in [0.3, 0.4) is 0 Å². The maximum atomic E-state index is 13.0. The number of carbonyl (C=O) groups excluding carboxylic acids is 1. The summed E-state index contributed by atoms with van der Waals surface area (Å²) in [6, 6.07) is 6.28. The van der Waals surface area contributed by atoms with Crippen LogP contribution >= 0.6 is 0 Å². The Bertz CT molecular complexity index is 724. The van der Waals surface area contributed by atoms with Crippen LogP contribution in [0.15, 0.2) is 24.3 Å². The summed E-state index contributed by atoms with van der Waals surface area (Å²) < 4.78 is 15.0. The maximum absolute atomic E-state index is 13.0. The summed E-state index contributed by atoms with van der Waals surface area (Å²) in [6.07, 6.45) is -0.539. The van der Waals surface area contributed by atoms with Gasteiger partial charge in [0.1, 0.15) is 17.5 Å². The van der Waals surface area contributed by atoms with Gasteiger partial charge >= 0.3 is 0 Å². The topological polar surface area (TPSA) is 67.4 Å². The lowest BCUT2D eigenvalue weighted by atomic mass is 10.2. The summed E-state index contributed by atoms with van der Waals surface area (Å²) >= 11 is 0. The molecule has 0 fully saturated rings. The third-order valence-electron chi connectivity index (χ3n) is 4.04. The molecule has 0 saturated carbocycles. The molecular formula is C15H18FN5O. The molecule has 1 unspecified atom stereocenters. The highest BCUT2D eigenvalue weighted by Crippen LogP contribution is 2.29. The van der Waals surface area contributed by atoms with Crippen molar-refractivity contribution in [2.75, 3.05) is 19.0 Å². The Morgan fingerprint density at radius 1 is 1.23 bits per heavy atom. The van der Waals surface area contributed by atoms with Gasteiger partial charge in [0.2, 0.25) is 0 Å². The second-order valence-electron chi connectivity index (χ2n) is 5.48. The summed E-state index contributed by atoms with van der Waals surface area (Å²) in [6.45, 7) is 2.34. The van der Waals surface area contributed by atoms with E-state index < -0.39 is 6.29 Å². The minimum atomic E-state index is -0.539. The van der Waals surface area contributed by atoms with Crippen LogP contribution < -0.4 is 10.6 Å². The molecule has 0 aliphatic carbocycles. The first-order valence-corrected chi connectivity index (χ1v) is 6.97. The summed E-state index contributed by atoms with van der Waals surface area (Å²) in [7, 11) is 3.48. The minimum absolute atomic E-state index is 0.193. The number of amides is 1. The largest absolute Gasteiger partial charge is 0.326 e. The monoisotopic (exact) mass is 303 g/mol. The smallest absolute Gasteiger partial charge is 0.278 e. The van der Waals surface area contributed by atoms with Crippen molar-refractivity contribution in [3.05, 3.63) is 47.2 Å². The number of imidazole rings is 1. The van der Waals surface area contributed by atoms with E-state index in [1.807, 2.05) is 23.4 Å². The average Bonchev–Trinajstić information content (AvgIpc) is 2.82. The van der Waals surface area contributed by atoms with Crippen LogP contribution in [0.5, 0.6) is 0 Å². The van der Waals surface area contributed by atoms with Gasteiger partial charge in [0.15, 0.2) is 12.0 Å². The Labute approximate surface area is 127 Å². The Kier molecular flexibility index (Phi) is 3.37. The molecule has 3 rings (SSSR count). The van der Waals surface area contributed by atoms with Crippen molar-refractivity contribution in [3.8, 4) is 0 Å². The van der Waals surface area contributed by atoms with Crippen molar-refractivity contribution >= 4 is 11.7 Å². The first-order valence-electron chi connectivity index (χ1n) is 6.97. The van der Waals surface area contributed by atoms with E-state index >= 15 is 0 Å². The molecule has 2 heterocycles. The van der Waals surface area contributed by atoms with E-state index in [4.69, 9.17) is 5.73 Å². The highest BCUT2D eigenvalue weighted by molar-refractivity contribution is 5.99. The van der Waals surface area contributed by atoms with Crippen LogP contribution in [0.1, 0.15) is 21.9 Å². The van der Waals surface area contributed by atoms with E-state index in [9.17, 15) is 9.18 Å². The zero-order valence-electron chi connectivity index (χ0n) is 12.7. The molecule has 7 heteroatoms. The first-order chi connectivity index (χ1) is 10.4. The van der Waals surface area contributed by atoms with E-state index in [-0.39, 0.29) is 11.7 Å². The highest BCUT2D eigenvalue weighted by atomic mass is 19.1.